The Morgan fingerprint density at radius 1 is 1.30 bits per heavy atom. The monoisotopic (exact) mass is 269 g/mol. The van der Waals surface area contributed by atoms with Crippen molar-refractivity contribution in [3.05, 3.63) is 41.2 Å². The fourth-order valence-electron chi connectivity index (χ4n) is 3.31. The highest BCUT2D eigenvalue weighted by Gasteiger charge is 2.25. The smallest absolute Gasteiger partial charge is 0.0672 e. The molecule has 3 nitrogen and oxygen atoms in total. The maximum atomic E-state index is 4.59. The summed E-state index contributed by atoms with van der Waals surface area (Å²) in [5, 5.41) is 8.18. The van der Waals surface area contributed by atoms with E-state index in [0.717, 1.165) is 18.8 Å². The van der Waals surface area contributed by atoms with Crippen molar-refractivity contribution >= 4 is 0 Å². The molecule has 1 atom stereocenters. The zero-order valence-electron chi connectivity index (χ0n) is 12.6. The van der Waals surface area contributed by atoms with Gasteiger partial charge in [-0.15, -0.1) is 0 Å². The second-order valence-electron chi connectivity index (χ2n) is 5.51. The second kappa shape index (κ2) is 5.41. The van der Waals surface area contributed by atoms with E-state index < -0.39 is 0 Å². The molecule has 1 aliphatic rings. The van der Waals surface area contributed by atoms with E-state index in [4.69, 9.17) is 0 Å². The first-order valence-electron chi connectivity index (χ1n) is 7.64. The molecule has 1 aromatic heterocycles. The lowest BCUT2D eigenvalue weighted by molar-refractivity contribution is 0.549. The zero-order valence-corrected chi connectivity index (χ0v) is 12.6. The first-order valence-corrected chi connectivity index (χ1v) is 7.64. The average molecular weight is 269 g/mol. The quantitative estimate of drug-likeness (QED) is 0.921. The van der Waals surface area contributed by atoms with Crippen molar-refractivity contribution < 1.29 is 0 Å². The molecule has 0 amide bonds. The molecule has 3 heteroatoms. The van der Waals surface area contributed by atoms with Crippen LogP contribution in [0.5, 0.6) is 0 Å². The minimum Gasteiger partial charge on any atom is -0.310 e. The number of rotatable bonds is 4. The fraction of sp³-hybridized carbons (Fsp3) is 0.471. The summed E-state index contributed by atoms with van der Waals surface area (Å²) in [7, 11) is 0. The van der Waals surface area contributed by atoms with Crippen LogP contribution in [0.25, 0.3) is 11.1 Å². The van der Waals surface area contributed by atoms with Crippen LogP contribution >= 0.6 is 0 Å². The van der Waals surface area contributed by atoms with Gasteiger partial charge in [-0.2, -0.15) is 5.10 Å². The van der Waals surface area contributed by atoms with Crippen LogP contribution in [0.1, 0.15) is 43.1 Å². The Morgan fingerprint density at radius 2 is 2.15 bits per heavy atom. The molecule has 1 N–H and O–H groups in total. The van der Waals surface area contributed by atoms with E-state index in [1.165, 1.54) is 35.1 Å². The Labute approximate surface area is 121 Å². The van der Waals surface area contributed by atoms with Crippen LogP contribution in [0.2, 0.25) is 0 Å². The second-order valence-corrected chi connectivity index (χ2v) is 5.51. The summed E-state index contributed by atoms with van der Waals surface area (Å²) < 4.78 is 2.03. The van der Waals surface area contributed by atoms with Crippen molar-refractivity contribution in [3.63, 3.8) is 0 Å². The van der Waals surface area contributed by atoms with Crippen LogP contribution in [-0.4, -0.2) is 16.3 Å². The van der Waals surface area contributed by atoms with Gasteiger partial charge in [0.15, 0.2) is 0 Å². The van der Waals surface area contributed by atoms with Gasteiger partial charge in [0.05, 0.1) is 5.69 Å². The molecule has 1 aromatic carbocycles. The maximum Gasteiger partial charge on any atom is 0.0672 e. The molecule has 0 saturated carbocycles. The third-order valence-corrected chi connectivity index (χ3v) is 4.28. The van der Waals surface area contributed by atoms with Crippen molar-refractivity contribution in [1.29, 1.82) is 0 Å². The summed E-state index contributed by atoms with van der Waals surface area (Å²) in [5.74, 6) is 0. The van der Waals surface area contributed by atoms with E-state index in [1.807, 2.05) is 4.68 Å². The lowest BCUT2D eigenvalue weighted by Gasteiger charge is -2.13. The largest absolute Gasteiger partial charge is 0.310 e. The van der Waals surface area contributed by atoms with E-state index >= 15 is 0 Å². The number of hydrogen-bond acceptors (Lipinski definition) is 2. The lowest BCUT2D eigenvalue weighted by atomic mass is 9.97. The van der Waals surface area contributed by atoms with Gasteiger partial charge in [-0.25, -0.2) is 0 Å². The predicted octanol–water partition coefficient (Wildman–Crippen LogP) is 3.48. The number of hydrogen-bond donors (Lipinski definition) is 1. The maximum absolute atomic E-state index is 4.59. The standard InChI is InChI=1S/C17H23N3/c1-4-18-17-10-9-14-13(7-6-8-15(14)17)16-11-20(5-2)19-12(16)3/h6-8,11,17-18H,4-5,9-10H2,1-3H3. The highest BCUT2D eigenvalue weighted by molar-refractivity contribution is 5.71. The number of benzene rings is 1. The average Bonchev–Trinajstić information content (AvgIpc) is 3.03. The molecule has 0 fully saturated rings. The Kier molecular flexibility index (Phi) is 3.62. The van der Waals surface area contributed by atoms with E-state index in [9.17, 15) is 0 Å². The minimum atomic E-state index is 0.525. The van der Waals surface area contributed by atoms with Gasteiger partial charge in [0, 0.05) is 24.3 Å². The van der Waals surface area contributed by atoms with E-state index in [2.05, 4.69) is 55.6 Å². The molecule has 0 spiro atoms. The summed E-state index contributed by atoms with van der Waals surface area (Å²) in [6.45, 7) is 8.37. The molecule has 3 rings (SSSR count). The minimum absolute atomic E-state index is 0.525. The van der Waals surface area contributed by atoms with Crippen LogP contribution in [0.3, 0.4) is 0 Å². The number of aryl methyl sites for hydroxylation is 2. The Balaban J connectivity index is 2.05. The van der Waals surface area contributed by atoms with Crippen LogP contribution in [0.15, 0.2) is 24.4 Å². The van der Waals surface area contributed by atoms with E-state index in [0.29, 0.717) is 6.04 Å². The van der Waals surface area contributed by atoms with Crippen molar-refractivity contribution in [1.82, 2.24) is 15.1 Å². The topological polar surface area (TPSA) is 29.9 Å². The normalized spacial score (nSPS) is 17.4. The molecule has 0 saturated heterocycles. The molecule has 1 aliphatic carbocycles. The number of aromatic nitrogens is 2. The summed E-state index contributed by atoms with van der Waals surface area (Å²) in [6, 6.07) is 7.24. The molecular formula is C17H23N3. The van der Waals surface area contributed by atoms with Crippen molar-refractivity contribution in [3.8, 4) is 11.1 Å². The number of nitrogens with one attached hydrogen (secondary N) is 1. The van der Waals surface area contributed by atoms with Gasteiger partial charge in [0.2, 0.25) is 0 Å². The van der Waals surface area contributed by atoms with Crippen molar-refractivity contribution in [2.45, 2.75) is 46.2 Å². The first-order chi connectivity index (χ1) is 9.74. The molecule has 20 heavy (non-hydrogen) atoms. The molecule has 1 unspecified atom stereocenters. The van der Waals surface area contributed by atoms with Crippen molar-refractivity contribution in [2.75, 3.05) is 6.54 Å². The third kappa shape index (κ3) is 2.16. The Morgan fingerprint density at radius 3 is 2.85 bits per heavy atom. The van der Waals surface area contributed by atoms with Crippen LogP contribution in [0, 0.1) is 6.92 Å². The SMILES string of the molecule is CCNC1CCc2c(-c3cn(CC)nc3C)cccc21. The van der Waals surface area contributed by atoms with Gasteiger partial charge in [0.1, 0.15) is 0 Å². The van der Waals surface area contributed by atoms with Crippen LogP contribution < -0.4 is 5.32 Å². The lowest BCUT2D eigenvalue weighted by Crippen LogP contribution is -2.18. The number of fused-ring (bicyclic) bond motifs is 1. The van der Waals surface area contributed by atoms with Crippen LogP contribution in [-0.2, 0) is 13.0 Å². The van der Waals surface area contributed by atoms with Gasteiger partial charge in [-0.1, -0.05) is 25.1 Å². The van der Waals surface area contributed by atoms with Gasteiger partial charge in [-0.05, 0) is 49.9 Å². The van der Waals surface area contributed by atoms with E-state index in [-0.39, 0.29) is 0 Å². The third-order valence-electron chi connectivity index (χ3n) is 4.28. The molecule has 1 heterocycles. The highest BCUT2D eigenvalue weighted by atomic mass is 15.3. The molecule has 2 aromatic rings. The van der Waals surface area contributed by atoms with Crippen molar-refractivity contribution in [2.24, 2.45) is 0 Å². The Bertz CT molecular complexity index is 613. The molecular weight excluding hydrogens is 246 g/mol. The highest BCUT2D eigenvalue weighted by Crippen LogP contribution is 2.38. The molecule has 0 bridgehead atoms. The first kappa shape index (κ1) is 13.4. The number of nitrogens with zero attached hydrogens (tertiary/aromatic N) is 2. The summed E-state index contributed by atoms with van der Waals surface area (Å²) in [4.78, 5) is 0. The zero-order chi connectivity index (χ0) is 14.1. The van der Waals surface area contributed by atoms with Gasteiger partial charge < -0.3 is 5.32 Å². The Hall–Kier alpha value is -1.61. The van der Waals surface area contributed by atoms with E-state index in [1.54, 1.807) is 0 Å². The predicted molar refractivity (Wildman–Crippen MR) is 82.8 cm³/mol. The summed E-state index contributed by atoms with van der Waals surface area (Å²) >= 11 is 0. The van der Waals surface area contributed by atoms with Gasteiger partial charge >= 0.3 is 0 Å². The fourth-order valence-corrected chi connectivity index (χ4v) is 3.31. The molecule has 0 aliphatic heterocycles. The summed E-state index contributed by atoms with van der Waals surface area (Å²) in [6.07, 6.45) is 4.56. The van der Waals surface area contributed by atoms with Crippen LogP contribution in [0.4, 0.5) is 0 Å². The molecule has 0 radical (unpaired) electrons. The molecule has 106 valence electrons. The van der Waals surface area contributed by atoms with Gasteiger partial charge in [-0.3, -0.25) is 4.68 Å². The van der Waals surface area contributed by atoms with Gasteiger partial charge in [0.25, 0.3) is 0 Å². The summed E-state index contributed by atoms with van der Waals surface area (Å²) in [5.41, 5.74) is 6.79.